The number of sulfonamides is 3. The van der Waals surface area contributed by atoms with Crippen molar-refractivity contribution in [2.75, 3.05) is 19.5 Å². The number of carbonyl (C=O) groups excluding carboxylic acids is 1. The van der Waals surface area contributed by atoms with Crippen molar-refractivity contribution in [1.29, 1.82) is 0 Å². The third-order valence-corrected chi connectivity index (χ3v) is 16.4. The molecule has 0 saturated heterocycles. The Morgan fingerprint density at radius 1 is 0.367 bits per heavy atom. The maximum Gasteiger partial charge on any atom is 0.419 e. The largest absolute Gasteiger partial charge is 0.419 e. The molecule has 0 fully saturated rings. The van der Waals surface area contributed by atoms with Gasteiger partial charge in [0.1, 0.15) is 57.6 Å². The van der Waals surface area contributed by atoms with Gasteiger partial charge in [0.15, 0.2) is 23.3 Å². The molecule has 12 aromatic rings. The number of anilines is 4. The van der Waals surface area contributed by atoms with E-state index >= 15 is 0 Å². The zero-order valence-electron chi connectivity index (χ0n) is 51.7. The van der Waals surface area contributed by atoms with Gasteiger partial charge < -0.3 is 4.74 Å². The highest BCUT2D eigenvalue weighted by Gasteiger charge is 2.31. The number of alkyl halides is 3. The first kappa shape index (κ1) is 70.1. The van der Waals surface area contributed by atoms with E-state index in [1.807, 2.05) is 6.92 Å². The van der Waals surface area contributed by atoms with E-state index in [4.69, 9.17) is 4.74 Å². The number of nitrogens with one attached hydrogen (secondary N) is 4. The molecule has 12 rings (SSSR count). The van der Waals surface area contributed by atoms with Crippen molar-refractivity contribution < 1.29 is 52.3 Å². The quantitative estimate of drug-likeness (QED) is 0.0693. The number of halogens is 4. The highest BCUT2D eigenvalue weighted by Crippen LogP contribution is 2.30. The lowest BCUT2D eigenvalue weighted by Gasteiger charge is -2.10. The summed E-state index contributed by atoms with van der Waals surface area (Å²) in [6.07, 6.45) is 1.02. The maximum absolute atomic E-state index is 12.8. The molecule has 0 aliphatic rings. The van der Waals surface area contributed by atoms with Crippen LogP contribution in [-0.4, -0.2) is 111 Å². The summed E-state index contributed by atoms with van der Waals surface area (Å²) in [6.45, 7) is 8.43. The normalized spacial score (nSPS) is 11.2. The SMILES string of the molecule is Cc1ccc(S(=O)(=O)Nc2nc(C)nc(-c3ccccn3)n2)cc1.Cc1nc(NC(=O)Oc2ccc(F)cc2)nc(-c2ccccn2)n1.Cc1nc(NS(=O)(=O)c2ccc(C(F)(F)F)cc2)nc(-c2ccccn2)n1.Cc1nc(NS(=O)(=O)c2ccccc2)nc(-c2ccccn2)n1. The average Bonchev–Trinajstić information content (AvgIpc) is 0.822. The number of aromatic nitrogens is 16. The monoisotopic (exact) mass is 1390 g/mol. The van der Waals surface area contributed by atoms with Crippen LogP contribution in [0.1, 0.15) is 34.4 Å². The van der Waals surface area contributed by atoms with E-state index in [1.165, 1.54) is 54.7 Å². The van der Waals surface area contributed by atoms with Crippen LogP contribution < -0.4 is 24.2 Å². The van der Waals surface area contributed by atoms with Crippen molar-refractivity contribution in [1.82, 2.24) is 79.7 Å². The topological polar surface area (TPSA) is 383 Å². The van der Waals surface area contributed by atoms with Crippen molar-refractivity contribution >= 4 is 60.0 Å². The maximum atomic E-state index is 12.8. The average molecular weight is 1390 g/mol. The number of carbonyl (C=O) groups is 1. The number of rotatable bonds is 15. The second-order valence-corrected chi connectivity index (χ2v) is 25.0. The minimum atomic E-state index is -4.56. The molecule has 0 atom stereocenters. The second kappa shape index (κ2) is 31.3. The fraction of sp³-hybridized carbons (Fsp3) is 0.0952. The number of aryl methyl sites for hydroxylation is 5. The lowest BCUT2D eigenvalue weighted by Crippen LogP contribution is -2.19. The second-order valence-electron chi connectivity index (χ2n) is 19.9. The standard InChI is InChI=1S/C16H12F3N5O2S.C16H12FN5O2.C16H15N5O2S.C15H13N5O2S/c1-10-21-14(13-4-2-3-9-20-13)23-15(22-10)24-27(25,26)12-7-5-11(6-8-12)16(17,18)19;1-10-19-14(13-4-2-3-9-18-13)21-15(20-10)22-16(23)24-12-7-5-11(17)6-8-12;1-11-6-8-13(9-7-11)24(22,23)21-16-19-12(2)18-15(20-16)14-5-3-4-10-17-14;1-11-17-14(13-9-5-6-10-16-13)19-15(18-11)20-23(21,22)12-7-3-2-4-8-12/h2-9H,1H3,(H,21,22,23,24);2-9H,1H3,(H,19,20,21,22,23);3-10H,1-2H3,(H,18,19,20,21);2-10H,1H3,(H,17,18,19,20). The molecule has 498 valence electrons. The van der Waals surface area contributed by atoms with Crippen LogP contribution in [-0.2, 0) is 36.2 Å². The number of hydrogen-bond acceptors (Lipinski definition) is 24. The van der Waals surface area contributed by atoms with E-state index in [-0.39, 0.29) is 55.9 Å². The van der Waals surface area contributed by atoms with Crippen molar-refractivity contribution in [3.8, 4) is 51.8 Å². The molecule has 1 amide bonds. The van der Waals surface area contributed by atoms with Crippen LogP contribution in [0.3, 0.4) is 0 Å². The van der Waals surface area contributed by atoms with Crippen LogP contribution in [0.25, 0.3) is 46.1 Å². The van der Waals surface area contributed by atoms with Gasteiger partial charge in [-0.15, -0.1) is 0 Å². The zero-order valence-corrected chi connectivity index (χ0v) is 54.2. The Labute approximate surface area is 557 Å². The van der Waals surface area contributed by atoms with Crippen LogP contribution in [0.4, 0.5) is 46.1 Å². The highest BCUT2D eigenvalue weighted by molar-refractivity contribution is 7.93. The van der Waals surface area contributed by atoms with Crippen molar-refractivity contribution in [2.45, 2.75) is 55.5 Å². The molecule has 35 heteroatoms. The van der Waals surface area contributed by atoms with Gasteiger partial charge in [-0.2, -0.15) is 53.0 Å². The smallest absolute Gasteiger partial charge is 0.410 e. The van der Waals surface area contributed by atoms with Gasteiger partial charge in [0.2, 0.25) is 23.8 Å². The van der Waals surface area contributed by atoms with Gasteiger partial charge in [0.25, 0.3) is 30.1 Å². The van der Waals surface area contributed by atoms with E-state index in [0.717, 1.165) is 17.7 Å². The Morgan fingerprint density at radius 3 is 1.02 bits per heavy atom. The predicted octanol–water partition coefficient (Wildman–Crippen LogP) is 10.4. The Hall–Kier alpha value is -12.2. The highest BCUT2D eigenvalue weighted by atomic mass is 32.2. The van der Waals surface area contributed by atoms with E-state index in [0.29, 0.717) is 69.9 Å². The first-order chi connectivity index (χ1) is 46.7. The fourth-order valence-corrected chi connectivity index (χ4v) is 10.8. The first-order valence-corrected chi connectivity index (χ1v) is 32.9. The van der Waals surface area contributed by atoms with Gasteiger partial charge in [0, 0.05) is 24.8 Å². The molecular weight excluding hydrogens is 1340 g/mol. The minimum absolute atomic E-state index is 0.0373. The molecule has 8 heterocycles. The molecule has 0 saturated carbocycles. The zero-order chi connectivity index (χ0) is 70.0. The van der Waals surface area contributed by atoms with E-state index in [9.17, 15) is 47.6 Å². The summed E-state index contributed by atoms with van der Waals surface area (Å²) >= 11 is 0. The summed E-state index contributed by atoms with van der Waals surface area (Å²) in [5.41, 5.74) is 2.07. The summed E-state index contributed by atoms with van der Waals surface area (Å²) in [4.78, 5) is 77.5. The Morgan fingerprint density at radius 2 is 0.684 bits per heavy atom. The Kier molecular flexibility index (Phi) is 22.4. The van der Waals surface area contributed by atoms with Crippen molar-refractivity contribution in [3.63, 3.8) is 0 Å². The van der Waals surface area contributed by atoms with E-state index < -0.39 is 53.7 Å². The third-order valence-electron chi connectivity index (χ3n) is 12.4. The Bertz CT molecular complexity index is 5070. The summed E-state index contributed by atoms with van der Waals surface area (Å²) in [5.74, 6) is 2.05. The van der Waals surface area contributed by atoms with Crippen LogP contribution >= 0.6 is 0 Å². The van der Waals surface area contributed by atoms with Crippen LogP contribution in [0.2, 0.25) is 0 Å². The number of ether oxygens (including phenoxy) is 1. The molecule has 28 nitrogen and oxygen atoms in total. The van der Waals surface area contributed by atoms with Gasteiger partial charge in [0.05, 0.1) is 20.2 Å². The van der Waals surface area contributed by atoms with Crippen LogP contribution in [0.5, 0.6) is 5.75 Å². The van der Waals surface area contributed by atoms with Gasteiger partial charge >= 0.3 is 12.3 Å². The molecule has 4 N–H and O–H groups in total. The molecule has 0 bridgehead atoms. The lowest BCUT2D eigenvalue weighted by atomic mass is 10.2. The molecule has 0 spiro atoms. The first-order valence-electron chi connectivity index (χ1n) is 28.4. The third kappa shape index (κ3) is 20.1. The number of benzene rings is 4. The van der Waals surface area contributed by atoms with Crippen molar-refractivity contribution in [2.24, 2.45) is 0 Å². The van der Waals surface area contributed by atoms with E-state index in [2.05, 4.69) is 99.2 Å². The number of hydrogen-bond donors (Lipinski definition) is 4. The fourth-order valence-electron chi connectivity index (χ4n) is 7.96. The van der Waals surface area contributed by atoms with Crippen molar-refractivity contribution in [3.05, 3.63) is 241 Å². The van der Waals surface area contributed by atoms with Gasteiger partial charge in [-0.3, -0.25) is 25.3 Å². The molecule has 0 aliphatic heterocycles. The van der Waals surface area contributed by atoms with Gasteiger partial charge in [-0.25, -0.2) is 68.5 Å². The molecule has 0 aliphatic carbocycles. The van der Waals surface area contributed by atoms with Crippen LogP contribution in [0, 0.1) is 40.4 Å². The summed E-state index contributed by atoms with van der Waals surface area (Å²) < 4.78 is 137. The molecule has 0 radical (unpaired) electrons. The summed E-state index contributed by atoms with van der Waals surface area (Å²) in [6, 6.07) is 43.7. The minimum Gasteiger partial charge on any atom is -0.410 e. The Balaban J connectivity index is 0.000000153. The number of pyridine rings is 4. The number of nitrogens with zero attached hydrogens (tertiary/aromatic N) is 16. The molecule has 0 unspecified atom stereocenters. The van der Waals surface area contributed by atoms with Gasteiger partial charge in [-0.05, 0) is 156 Å². The molecular formula is C63H52F4N20O8S3. The van der Waals surface area contributed by atoms with E-state index in [1.54, 1.807) is 149 Å². The van der Waals surface area contributed by atoms with Gasteiger partial charge in [-0.1, -0.05) is 60.2 Å². The number of amides is 1. The summed E-state index contributed by atoms with van der Waals surface area (Å²) in [5, 5.41) is 2.41. The molecule has 8 aromatic heterocycles. The predicted molar refractivity (Wildman–Crippen MR) is 349 cm³/mol. The summed E-state index contributed by atoms with van der Waals surface area (Å²) in [7, 11) is -11.7. The molecule has 98 heavy (non-hydrogen) atoms. The lowest BCUT2D eigenvalue weighted by molar-refractivity contribution is -0.137. The molecule has 4 aromatic carbocycles. The van der Waals surface area contributed by atoms with Crippen LogP contribution in [0.15, 0.2) is 215 Å².